The fraction of sp³-hybridized carbons (Fsp3) is 0.632. The summed E-state index contributed by atoms with van der Waals surface area (Å²) in [7, 11) is 1.73. The second kappa shape index (κ2) is 5.00. The summed E-state index contributed by atoms with van der Waals surface area (Å²) >= 11 is 0. The number of likely N-dealkylation sites (tertiary alicyclic amines) is 1. The molecule has 4 rings (SSSR count). The van der Waals surface area contributed by atoms with Crippen LogP contribution in [0.25, 0.3) is 0 Å². The Bertz CT molecular complexity index is 611. The Hall–Kier alpha value is -1.51. The summed E-state index contributed by atoms with van der Waals surface area (Å²) in [6.07, 6.45) is 7.35. The Labute approximate surface area is 132 Å². The number of carbonyl (C=O) groups excluding carboxylic acids is 1. The average molecular weight is 299 g/mol. The van der Waals surface area contributed by atoms with Crippen LogP contribution in [0.3, 0.4) is 0 Å². The van der Waals surface area contributed by atoms with Gasteiger partial charge < -0.3 is 9.64 Å². The quantitative estimate of drug-likeness (QED) is 0.796. The Morgan fingerprint density at radius 1 is 1.32 bits per heavy atom. The number of methoxy groups -OCH3 is 1. The molecule has 118 valence electrons. The molecule has 0 radical (unpaired) electrons. The van der Waals surface area contributed by atoms with E-state index in [1.54, 1.807) is 19.6 Å². The van der Waals surface area contributed by atoms with Gasteiger partial charge in [0.25, 0.3) is 0 Å². The summed E-state index contributed by atoms with van der Waals surface area (Å²) in [6, 6.07) is 7.04. The number of piperidine rings is 1. The van der Waals surface area contributed by atoms with Gasteiger partial charge in [-0.2, -0.15) is 0 Å². The summed E-state index contributed by atoms with van der Waals surface area (Å²) in [4.78, 5) is 14.3. The second-order valence-corrected chi connectivity index (χ2v) is 7.27. The monoisotopic (exact) mass is 299 g/mol. The van der Waals surface area contributed by atoms with Crippen LogP contribution in [0.5, 0.6) is 5.75 Å². The van der Waals surface area contributed by atoms with Crippen molar-refractivity contribution in [1.29, 1.82) is 0 Å². The van der Waals surface area contributed by atoms with Crippen molar-refractivity contribution in [2.45, 2.75) is 56.9 Å². The highest BCUT2D eigenvalue weighted by Crippen LogP contribution is 2.56. The molecule has 1 amide bonds. The predicted molar refractivity (Wildman–Crippen MR) is 86.1 cm³/mol. The van der Waals surface area contributed by atoms with Gasteiger partial charge in [-0.3, -0.25) is 4.79 Å². The molecule has 2 bridgehead atoms. The molecular formula is C19H25NO2. The fourth-order valence-electron chi connectivity index (χ4n) is 5.53. The van der Waals surface area contributed by atoms with Crippen molar-refractivity contribution in [1.82, 2.24) is 4.90 Å². The van der Waals surface area contributed by atoms with Gasteiger partial charge in [0.05, 0.1) is 7.11 Å². The number of nitrogens with zero attached hydrogens (tertiary/aromatic N) is 1. The smallest absolute Gasteiger partial charge is 0.219 e. The Morgan fingerprint density at radius 2 is 2.18 bits per heavy atom. The summed E-state index contributed by atoms with van der Waals surface area (Å²) in [5.41, 5.74) is 3.28. The van der Waals surface area contributed by atoms with Crippen molar-refractivity contribution < 1.29 is 9.53 Å². The molecule has 3 aliphatic rings. The molecule has 2 aliphatic carbocycles. The highest BCUT2D eigenvalue weighted by atomic mass is 16.5. The molecule has 1 aliphatic heterocycles. The second-order valence-electron chi connectivity index (χ2n) is 7.27. The molecule has 0 spiro atoms. The van der Waals surface area contributed by atoms with E-state index >= 15 is 0 Å². The lowest BCUT2D eigenvalue weighted by Gasteiger charge is -2.59. The average Bonchev–Trinajstić information content (AvgIpc) is 2.54. The minimum absolute atomic E-state index is 0.246. The number of amides is 1. The van der Waals surface area contributed by atoms with Gasteiger partial charge >= 0.3 is 0 Å². The lowest BCUT2D eigenvalue weighted by Crippen LogP contribution is -2.61. The first-order valence-electron chi connectivity index (χ1n) is 8.60. The van der Waals surface area contributed by atoms with Gasteiger partial charge in [0.2, 0.25) is 5.91 Å². The van der Waals surface area contributed by atoms with Gasteiger partial charge in [-0.25, -0.2) is 0 Å². The maximum Gasteiger partial charge on any atom is 0.219 e. The number of benzene rings is 1. The minimum Gasteiger partial charge on any atom is -0.497 e. The number of rotatable bonds is 1. The van der Waals surface area contributed by atoms with Gasteiger partial charge in [-0.1, -0.05) is 18.9 Å². The maximum absolute atomic E-state index is 12.1. The van der Waals surface area contributed by atoms with Crippen molar-refractivity contribution in [3.63, 3.8) is 0 Å². The first-order valence-corrected chi connectivity index (χ1v) is 8.60. The molecule has 1 heterocycles. The molecule has 22 heavy (non-hydrogen) atoms. The van der Waals surface area contributed by atoms with E-state index in [0.717, 1.165) is 25.1 Å². The number of fused-ring (bicyclic) bond motifs is 1. The number of hydrogen-bond donors (Lipinski definition) is 0. The maximum atomic E-state index is 12.1. The van der Waals surface area contributed by atoms with E-state index < -0.39 is 0 Å². The number of carbonyl (C=O) groups is 1. The van der Waals surface area contributed by atoms with Crippen LogP contribution in [0, 0.1) is 5.92 Å². The van der Waals surface area contributed by atoms with Crippen molar-refractivity contribution in [2.24, 2.45) is 5.92 Å². The molecule has 1 aromatic carbocycles. The zero-order valence-corrected chi connectivity index (χ0v) is 13.6. The third kappa shape index (κ3) is 1.84. The normalized spacial score (nSPS) is 32.9. The third-order valence-electron chi connectivity index (χ3n) is 6.44. The summed E-state index contributed by atoms with van der Waals surface area (Å²) in [5.74, 6) is 1.84. The zero-order chi connectivity index (χ0) is 15.3. The number of hydrogen-bond acceptors (Lipinski definition) is 2. The first kappa shape index (κ1) is 14.1. The minimum atomic E-state index is 0.246. The molecular weight excluding hydrogens is 274 g/mol. The van der Waals surface area contributed by atoms with Gasteiger partial charge in [0, 0.05) is 24.9 Å². The highest BCUT2D eigenvalue weighted by Gasteiger charge is 2.54. The Kier molecular flexibility index (Phi) is 3.21. The molecule has 0 aromatic heterocycles. The Morgan fingerprint density at radius 3 is 2.95 bits per heavy atom. The van der Waals surface area contributed by atoms with Gasteiger partial charge in [0.1, 0.15) is 5.75 Å². The van der Waals surface area contributed by atoms with Crippen LogP contribution in [-0.2, 0) is 16.6 Å². The highest BCUT2D eigenvalue weighted by molar-refractivity contribution is 5.74. The van der Waals surface area contributed by atoms with Crippen LogP contribution in [0.15, 0.2) is 18.2 Å². The molecule has 3 nitrogen and oxygen atoms in total. The van der Waals surface area contributed by atoms with E-state index in [4.69, 9.17) is 4.74 Å². The SMILES string of the molecule is COc1ccc2c(c1)C[C@@H]1[C@@H]3CCCC[C@]23CCN1C(C)=O. The van der Waals surface area contributed by atoms with Crippen LogP contribution in [-0.4, -0.2) is 30.5 Å². The van der Waals surface area contributed by atoms with Crippen molar-refractivity contribution in [3.05, 3.63) is 29.3 Å². The topological polar surface area (TPSA) is 29.5 Å². The molecule has 0 N–H and O–H groups in total. The molecule has 3 atom stereocenters. The lowest BCUT2D eigenvalue weighted by molar-refractivity contribution is -0.138. The molecule has 2 fully saturated rings. The van der Waals surface area contributed by atoms with E-state index in [9.17, 15) is 4.79 Å². The van der Waals surface area contributed by atoms with E-state index in [1.165, 1.54) is 31.2 Å². The predicted octanol–water partition coefficient (Wildman–Crippen LogP) is 3.30. The van der Waals surface area contributed by atoms with Gasteiger partial charge in [-0.05, 0) is 54.9 Å². The first-order chi connectivity index (χ1) is 10.7. The van der Waals surface area contributed by atoms with Crippen LogP contribution >= 0.6 is 0 Å². The molecule has 0 unspecified atom stereocenters. The zero-order valence-electron chi connectivity index (χ0n) is 13.6. The van der Waals surface area contributed by atoms with Crippen LogP contribution < -0.4 is 4.74 Å². The summed E-state index contributed by atoms with van der Waals surface area (Å²) < 4.78 is 5.43. The van der Waals surface area contributed by atoms with E-state index in [-0.39, 0.29) is 5.91 Å². The van der Waals surface area contributed by atoms with Crippen LogP contribution in [0.2, 0.25) is 0 Å². The molecule has 1 saturated heterocycles. The van der Waals surface area contributed by atoms with Gasteiger partial charge in [0.15, 0.2) is 0 Å². The van der Waals surface area contributed by atoms with Gasteiger partial charge in [-0.15, -0.1) is 0 Å². The number of ether oxygens (including phenoxy) is 1. The van der Waals surface area contributed by atoms with Crippen molar-refractivity contribution in [2.75, 3.05) is 13.7 Å². The third-order valence-corrected chi connectivity index (χ3v) is 6.44. The summed E-state index contributed by atoms with van der Waals surface area (Å²) in [5, 5.41) is 0. The van der Waals surface area contributed by atoms with Crippen molar-refractivity contribution in [3.8, 4) is 5.75 Å². The van der Waals surface area contributed by atoms with Crippen LogP contribution in [0.1, 0.15) is 50.2 Å². The lowest BCUT2D eigenvalue weighted by atomic mass is 9.52. The standard InChI is InChI=1S/C19H25NO2/c1-13(21)20-10-9-19-8-4-3-5-17(19)18(20)12-14-11-15(22-2)6-7-16(14)19/h6-7,11,17-18H,3-5,8-10,12H2,1-2H3/t17-,18+,19-/m0/s1. The molecule has 1 saturated carbocycles. The molecule has 3 heteroatoms. The van der Waals surface area contributed by atoms with E-state index in [1.807, 2.05) is 0 Å². The van der Waals surface area contributed by atoms with E-state index in [0.29, 0.717) is 17.4 Å². The Balaban J connectivity index is 1.85. The summed E-state index contributed by atoms with van der Waals surface area (Å²) in [6.45, 7) is 2.67. The van der Waals surface area contributed by atoms with E-state index in [2.05, 4.69) is 23.1 Å². The molecule has 1 aromatic rings. The van der Waals surface area contributed by atoms with Crippen LogP contribution in [0.4, 0.5) is 0 Å². The largest absolute Gasteiger partial charge is 0.497 e. The van der Waals surface area contributed by atoms with Crippen molar-refractivity contribution >= 4 is 5.91 Å². The fourth-order valence-corrected chi connectivity index (χ4v) is 5.53.